The molecule has 0 atom stereocenters. The third-order valence-electron chi connectivity index (χ3n) is 1.97. The minimum Gasteiger partial charge on any atom is -0.329 e. The molecule has 0 aliphatic carbocycles. The molecule has 0 aliphatic rings. The Morgan fingerprint density at radius 3 is 2.79 bits per heavy atom. The van der Waals surface area contributed by atoms with E-state index in [1.54, 1.807) is 6.20 Å². The fraction of sp³-hybridized carbons (Fsp3) is 0.556. The number of rotatable bonds is 3. The molecule has 0 fully saturated rings. The van der Waals surface area contributed by atoms with E-state index in [1.165, 1.54) is 11.3 Å². The van der Waals surface area contributed by atoms with Crippen LogP contribution in [0.15, 0.2) is 6.20 Å². The predicted octanol–water partition coefficient (Wildman–Crippen LogP) is 1.37. The Bertz CT molecular complexity index is 333. The molecule has 0 unspecified atom stereocenters. The number of aryl methyl sites for hydroxylation is 1. The van der Waals surface area contributed by atoms with Gasteiger partial charge in [-0.2, -0.15) is 0 Å². The molecule has 14 heavy (non-hydrogen) atoms. The molecule has 1 rings (SSSR count). The Morgan fingerprint density at radius 2 is 2.36 bits per heavy atom. The summed E-state index contributed by atoms with van der Waals surface area (Å²) < 4.78 is 0. The van der Waals surface area contributed by atoms with E-state index in [2.05, 4.69) is 10.3 Å². The maximum absolute atomic E-state index is 11.7. The molecule has 0 saturated carbocycles. The highest BCUT2D eigenvalue weighted by molar-refractivity contribution is 7.15. The van der Waals surface area contributed by atoms with E-state index in [1.807, 2.05) is 20.8 Å². The zero-order valence-corrected chi connectivity index (χ0v) is 9.44. The van der Waals surface area contributed by atoms with Crippen LogP contribution >= 0.6 is 11.3 Å². The van der Waals surface area contributed by atoms with Gasteiger partial charge in [0.05, 0.1) is 5.41 Å². The minimum atomic E-state index is -0.542. The first-order valence-electron chi connectivity index (χ1n) is 4.39. The molecule has 0 bridgehead atoms. The van der Waals surface area contributed by atoms with Crippen LogP contribution in [0, 0.1) is 12.3 Å². The molecule has 1 amide bonds. The number of nitrogens with two attached hydrogens (primary N) is 1. The molecule has 4 nitrogen and oxygen atoms in total. The molecular formula is C9H15N3OS. The maximum Gasteiger partial charge on any atom is 0.233 e. The smallest absolute Gasteiger partial charge is 0.233 e. The van der Waals surface area contributed by atoms with Gasteiger partial charge in [0.2, 0.25) is 5.91 Å². The van der Waals surface area contributed by atoms with Crippen LogP contribution in [0.1, 0.15) is 18.7 Å². The number of nitrogens with zero attached hydrogens (tertiary/aromatic N) is 1. The first-order valence-corrected chi connectivity index (χ1v) is 5.21. The predicted molar refractivity (Wildman–Crippen MR) is 58.3 cm³/mol. The quantitative estimate of drug-likeness (QED) is 0.797. The second-order valence-corrected chi connectivity index (χ2v) is 5.05. The van der Waals surface area contributed by atoms with E-state index in [0.717, 1.165) is 4.88 Å². The lowest BCUT2D eigenvalue weighted by atomic mass is 9.93. The van der Waals surface area contributed by atoms with E-state index >= 15 is 0 Å². The summed E-state index contributed by atoms with van der Waals surface area (Å²) in [6.45, 7) is 5.89. The Morgan fingerprint density at radius 1 is 1.71 bits per heavy atom. The molecule has 3 N–H and O–H groups in total. The molecule has 0 saturated heterocycles. The van der Waals surface area contributed by atoms with Gasteiger partial charge in [0.1, 0.15) is 0 Å². The molecule has 0 spiro atoms. The number of amides is 1. The van der Waals surface area contributed by atoms with Gasteiger partial charge in [-0.3, -0.25) is 4.79 Å². The molecule has 0 radical (unpaired) electrons. The Hall–Kier alpha value is -0.940. The Labute approximate surface area is 87.5 Å². The van der Waals surface area contributed by atoms with Crippen LogP contribution in [0.3, 0.4) is 0 Å². The molecule has 1 heterocycles. The SMILES string of the molecule is Cc1cnc(NC(=O)C(C)(C)CN)s1. The molecule has 1 aromatic heterocycles. The van der Waals surface area contributed by atoms with Crippen LogP contribution in [-0.2, 0) is 4.79 Å². The van der Waals surface area contributed by atoms with Gasteiger partial charge in [-0.25, -0.2) is 4.98 Å². The normalized spacial score (nSPS) is 11.4. The highest BCUT2D eigenvalue weighted by Gasteiger charge is 2.26. The lowest BCUT2D eigenvalue weighted by molar-refractivity contribution is -0.123. The van der Waals surface area contributed by atoms with Gasteiger partial charge in [-0.15, -0.1) is 11.3 Å². The summed E-state index contributed by atoms with van der Waals surface area (Å²) in [7, 11) is 0. The van der Waals surface area contributed by atoms with Crippen molar-refractivity contribution in [3.63, 3.8) is 0 Å². The van der Waals surface area contributed by atoms with E-state index in [-0.39, 0.29) is 5.91 Å². The molecule has 1 aromatic rings. The van der Waals surface area contributed by atoms with Crippen LogP contribution in [0.25, 0.3) is 0 Å². The lowest BCUT2D eigenvalue weighted by Gasteiger charge is -2.19. The third kappa shape index (κ3) is 2.52. The number of nitrogens with one attached hydrogen (secondary N) is 1. The molecule has 0 aliphatic heterocycles. The zero-order valence-electron chi connectivity index (χ0n) is 8.63. The molecule has 78 valence electrons. The number of carbonyl (C=O) groups is 1. The van der Waals surface area contributed by atoms with Crippen LogP contribution < -0.4 is 11.1 Å². The van der Waals surface area contributed by atoms with E-state index in [0.29, 0.717) is 11.7 Å². The fourth-order valence-corrected chi connectivity index (χ4v) is 1.43. The summed E-state index contributed by atoms with van der Waals surface area (Å²) >= 11 is 1.46. The van der Waals surface area contributed by atoms with E-state index in [4.69, 9.17) is 5.73 Å². The van der Waals surface area contributed by atoms with Gasteiger partial charge in [-0.05, 0) is 20.8 Å². The van der Waals surface area contributed by atoms with Gasteiger partial charge >= 0.3 is 0 Å². The molecular weight excluding hydrogens is 198 g/mol. The van der Waals surface area contributed by atoms with Crippen molar-refractivity contribution in [1.82, 2.24) is 4.98 Å². The third-order valence-corrected chi connectivity index (χ3v) is 2.79. The molecule has 5 heteroatoms. The lowest BCUT2D eigenvalue weighted by Crippen LogP contribution is -2.37. The highest BCUT2D eigenvalue weighted by Crippen LogP contribution is 2.20. The van der Waals surface area contributed by atoms with Crippen molar-refractivity contribution in [2.24, 2.45) is 11.1 Å². The average molecular weight is 213 g/mol. The Kier molecular flexibility index (Phi) is 3.23. The summed E-state index contributed by atoms with van der Waals surface area (Å²) in [6, 6.07) is 0. The van der Waals surface area contributed by atoms with Gasteiger partial charge in [0, 0.05) is 17.6 Å². The van der Waals surface area contributed by atoms with E-state index in [9.17, 15) is 4.79 Å². The van der Waals surface area contributed by atoms with Crippen molar-refractivity contribution in [3.05, 3.63) is 11.1 Å². The zero-order chi connectivity index (χ0) is 10.8. The second kappa shape index (κ2) is 4.06. The van der Waals surface area contributed by atoms with Crippen molar-refractivity contribution in [1.29, 1.82) is 0 Å². The highest BCUT2D eigenvalue weighted by atomic mass is 32.1. The largest absolute Gasteiger partial charge is 0.329 e. The standard InChI is InChI=1S/C9H15N3OS/c1-6-4-11-8(14-6)12-7(13)9(2,3)5-10/h4H,5,10H2,1-3H3,(H,11,12,13). The van der Waals surface area contributed by atoms with E-state index < -0.39 is 5.41 Å². The summed E-state index contributed by atoms with van der Waals surface area (Å²) in [5, 5.41) is 3.38. The second-order valence-electron chi connectivity index (χ2n) is 3.82. The Balaban J connectivity index is 2.66. The number of hydrogen-bond donors (Lipinski definition) is 2. The summed E-state index contributed by atoms with van der Waals surface area (Å²) in [5.41, 5.74) is 4.95. The fourth-order valence-electron chi connectivity index (χ4n) is 0.772. The number of carbonyl (C=O) groups excluding carboxylic acids is 1. The summed E-state index contributed by atoms with van der Waals surface area (Å²) in [4.78, 5) is 16.8. The minimum absolute atomic E-state index is 0.0886. The van der Waals surface area contributed by atoms with Crippen molar-refractivity contribution >= 4 is 22.4 Å². The van der Waals surface area contributed by atoms with Crippen LogP contribution in [0.4, 0.5) is 5.13 Å². The summed E-state index contributed by atoms with van der Waals surface area (Å²) in [5.74, 6) is -0.0886. The topological polar surface area (TPSA) is 68.0 Å². The summed E-state index contributed by atoms with van der Waals surface area (Å²) in [6.07, 6.45) is 1.73. The first kappa shape index (κ1) is 11.1. The van der Waals surface area contributed by atoms with Crippen molar-refractivity contribution in [2.45, 2.75) is 20.8 Å². The van der Waals surface area contributed by atoms with Crippen LogP contribution in [-0.4, -0.2) is 17.4 Å². The average Bonchev–Trinajstić information content (AvgIpc) is 2.51. The van der Waals surface area contributed by atoms with Gasteiger partial charge < -0.3 is 11.1 Å². The van der Waals surface area contributed by atoms with Crippen LogP contribution in [0.5, 0.6) is 0 Å². The van der Waals surface area contributed by atoms with Gasteiger partial charge in [0.25, 0.3) is 0 Å². The van der Waals surface area contributed by atoms with Gasteiger partial charge in [0.15, 0.2) is 5.13 Å². The van der Waals surface area contributed by atoms with Crippen molar-refractivity contribution in [2.75, 3.05) is 11.9 Å². The monoisotopic (exact) mass is 213 g/mol. The maximum atomic E-state index is 11.7. The number of thiazole rings is 1. The first-order chi connectivity index (χ1) is 6.45. The molecule has 0 aromatic carbocycles. The number of hydrogen-bond acceptors (Lipinski definition) is 4. The van der Waals surface area contributed by atoms with Gasteiger partial charge in [-0.1, -0.05) is 0 Å². The number of aromatic nitrogens is 1. The van der Waals surface area contributed by atoms with Crippen molar-refractivity contribution in [3.8, 4) is 0 Å². The van der Waals surface area contributed by atoms with Crippen LogP contribution in [0.2, 0.25) is 0 Å². The number of anilines is 1. The van der Waals surface area contributed by atoms with Crippen molar-refractivity contribution < 1.29 is 4.79 Å².